The predicted octanol–water partition coefficient (Wildman–Crippen LogP) is 5.98. The molecule has 0 bridgehead atoms. The number of hydrogen-bond acceptors (Lipinski definition) is 4. The lowest BCUT2D eigenvalue weighted by Gasteiger charge is -2.28. The van der Waals surface area contributed by atoms with Crippen LogP contribution in [0.15, 0.2) is 59.5 Å². The van der Waals surface area contributed by atoms with E-state index in [0.29, 0.717) is 0 Å². The molecule has 0 aliphatic carbocycles. The summed E-state index contributed by atoms with van der Waals surface area (Å²) in [5.74, 6) is -1.75. The van der Waals surface area contributed by atoms with Gasteiger partial charge in [-0.15, -0.1) is 0 Å². The molecule has 3 aromatic carbocycles. The zero-order valence-corrected chi connectivity index (χ0v) is 19.9. The highest BCUT2D eigenvalue weighted by Crippen LogP contribution is 2.36. The van der Waals surface area contributed by atoms with Crippen molar-refractivity contribution >= 4 is 27.3 Å². The van der Waals surface area contributed by atoms with Crippen molar-refractivity contribution in [1.29, 1.82) is 0 Å². The summed E-state index contributed by atoms with van der Waals surface area (Å²) in [6, 6.07) is 9.81. The molecule has 0 aliphatic heterocycles. The van der Waals surface area contributed by atoms with Gasteiger partial charge in [-0.3, -0.25) is 4.31 Å². The Balaban J connectivity index is 2.20. The summed E-state index contributed by atoms with van der Waals surface area (Å²) in [7, 11) is -2.30. The van der Waals surface area contributed by atoms with Crippen molar-refractivity contribution in [1.82, 2.24) is 0 Å². The van der Waals surface area contributed by atoms with Crippen molar-refractivity contribution in [2.24, 2.45) is 0 Å². The number of halogens is 6. The van der Waals surface area contributed by atoms with Crippen LogP contribution in [0.4, 0.5) is 27.6 Å². The molecule has 3 rings (SSSR count). The summed E-state index contributed by atoms with van der Waals surface area (Å²) >= 11 is 6.00. The lowest BCUT2D eigenvalue weighted by atomic mass is 10.0. The quantitative estimate of drug-likeness (QED) is 0.333. The second-order valence-corrected chi connectivity index (χ2v) is 9.59. The van der Waals surface area contributed by atoms with Gasteiger partial charge in [0.1, 0.15) is 18.2 Å². The maximum atomic E-state index is 14.3. The maximum Gasteiger partial charge on any atom is 0.407 e. The second-order valence-electron chi connectivity index (χ2n) is 7.29. The fourth-order valence-corrected chi connectivity index (χ4v) is 5.10. The van der Waals surface area contributed by atoms with Gasteiger partial charge in [-0.1, -0.05) is 17.7 Å². The Hall–Kier alpha value is -3.05. The number of methoxy groups -OCH3 is 2. The number of sulfonamides is 1. The standard InChI is InChI=1S/C23H19ClF5NO4S/c1-33-21-9-7-16(12-22(21)34-2)35(31,32)30(13-23(27,28)29)20-8-6-15(24)10-14(20)11-17-18(25)4-3-5-19(17)26/h3-10,12H,11,13H2,1-2H3. The Kier molecular flexibility index (Phi) is 7.80. The van der Waals surface area contributed by atoms with Crippen molar-refractivity contribution in [3.05, 3.63) is 82.4 Å². The summed E-state index contributed by atoms with van der Waals surface area (Å²) in [6.07, 6.45) is -5.51. The van der Waals surface area contributed by atoms with Crippen LogP contribution in [0.25, 0.3) is 0 Å². The molecule has 0 saturated carbocycles. The number of ether oxygens (including phenoxy) is 2. The van der Waals surface area contributed by atoms with Crippen molar-refractivity contribution in [2.45, 2.75) is 17.5 Å². The fourth-order valence-electron chi connectivity index (χ4n) is 3.40. The van der Waals surface area contributed by atoms with Crippen LogP contribution in [0.5, 0.6) is 11.5 Å². The highest BCUT2D eigenvalue weighted by Gasteiger charge is 2.38. The Morgan fingerprint density at radius 3 is 2.11 bits per heavy atom. The molecule has 0 fully saturated rings. The van der Waals surface area contributed by atoms with E-state index in [-0.39, 0.29) is 26.4 Å². The van der Waals surface area contributed by atoms with Crippen LogP contribution in [-0.2, 0) is 16.4 Å². The fraction of sp³-hybridized carbons (Fsp3) is 0.217. The maximum absolute atomic E-state index is 14.3. The number of hydrogen-bond donors (Lipinski definition) is 0. The van der Waals surface area contributed by atoms with E-state index >= 15 is 0 Å². The van der Waals surface area contributed by atoms with Crippen LogP contribution >= 0.6 is 11.6 Å². The minimum Gasteiger partial charge on any atom is -0.493 e. The molecule has 0 aliphatic rings. The van der Waals surface area contributed by atoms with Gasteiger partial charge in [-0.25, -0.2) is 17.2 Å². The number of benzene rings is 3. The van der Waals surface area contributed by atoms with Gasteiger partial charge in [0, 0.05) is 23.1 Å². The molecule has 0 atom stereocenters. The van der Waals surface area contributed by atoms with Gasteiger partial charge in [0.05, 0.1) is 24.8 Å². The molecule has 0 unspecified atom stereocenters. The van der Waals surface area contributed by atoms with Crippen molar-refractivity contribution in [3.63, 3.8) is 0 Å². The summed E-state index contributed by atoms with van der Waals surface area (Å²) in [5, 5.41) is 0.0379. The molecule has 0 spiro atoms. The van der Waals surface area contributed by atoms with Gasteiger partial charge < -0.3 is 9.47 Å². The van der Waals surface area contributed by atoms with E-state index in [2.05, 4.69) is 0 Å². The van der Waals surface area contributed by atoms with Gasteiger partial charge in [0.25, 0.3) is 10.0 Å². The topological polar surface area (TPSA) is 55.8 Å². The summed E-state index contributed by atoms with van der Waals surface area (Å²) in [6.45, 7) is -1.90. The van der Waals surface area contributed by atoms with Crippen LogP contribution in [-0.4, -0.2) is 35.4 Å². The Labute approximate surface area is 203 Å². The molecule has 3 aromatic rings. The molecule has 0 heterocycles. The largest absolute Gasteiger partial charge is 0.493 e. The van der Waals surface area contributed by atoms with Crippen LogP contribution < -0.4 is 13.8 Å². The van der Waals surface area contributed by atoms with E-state index in [9.17, 15) is 30.4 Å². The molecular weight excluding hydrogens is 517 g/mol. The van der Waals surface area contributed by atoms with E-state index in [1.165, 1.54) is 26.4 Å². The molecule has 188 valence electrons. The molecule has 0 amide bonds. The summed E-state index contributed by atoms with van der Waals surface area (Å²) in [4.78, 5) is -0.516. The first-order valence-electron chi connectivity index (χ1n) is 9.90. The molecular formula is C23H19ClF5NO4S. The number of anilines is 1. The van der Waals surface area contributed by atoms with E-state index in [1.54, 1.807) is 0 Å². The first kappa shape index (κ1) is 26.6. The summed E-state index contributed by atoms with van der Waals surface area (Å²) < 4.78 is 106. The smallest absolute Gasteiger partial charge is 0.407 e. The van der Waals surface area contributed by atoms with Gasteiger partial charge in [-0.05, 0) is 48.0 Å². The minimum absolute atomic E-state index is 0.0229. The Morgan fingerprint density at radius 2 is 1.54 bits per heavy atom. The van der Waals surface area contributed by atoms with Crippen LogP contribution in [0.3, 0.4) is 0 Å². The lowest BCUT2D eigenvalue weighted by molar-refractivity contribution is -0.117. The number of rotatable bonds is 8. The van der Waals surface area contributed by atoms with Crippen LogP contribution in [0.1, 0.15) is 11.1 Å². The monoisotopic (exact) mass is 535 g/mol. The average Bonchev–Trinajstić information content (AvgIpc) is 2.79. The van der Waals surface area contributed by atoms with Gasteiger partial charge in [-0.2, -0.15) is 13.2 Å². The third-order valence-electron chi connectivity index (χ3n) is 5.01. The van der Waals surface area contributed by atoms with Crippen LogP contribution in [0.2, 0.25) is 5.02 Å². The minimum atomic E-state index is -4.95. The SMILES string of the molecule is COc1ccc(S(=O)(=O)N(CC(F)(F)F)c2ccc(Cl)cc2Cc2c(F)cccc2F)cc1OC. The molecule has 5 nitrogen and oxygen atoms in total. The third-order valence-corrected chi connectivity index (χ3v) is 7.00. The van der Waals surface area contributed by atoms with Gasteiger partial charge >= 0.3 is 6.18 Å². The molecule has 0 N–H and O–H groups in total. The first-order chi connectivity index (χ1) is 16.4. The number of alkyl halides is 3. The third kappa shape index (κ3) is 5.96. The van der Waals surface area contributed by atoms with E-state index in [1.807, 2.05) is 0 Å². The van der Waals surface area contributed by atoms with Crippen molar-refractivity contribution in [3.8, 4) is 11.5 Å². The van der Waals surface area contributed by atoms with Gasteiger partial charge in [0.2, 0.25) is 0 Å². The normalized spacial score (nSPS) is 11.9. The molecule has 0 saturated heterocycles. The lowest BCUT2D eigenvalue weighted by Crippen LogP contribution is -2.39. The zero-order chi connectivity index (χ0) is 26.0. The highest BCUT2D eigenvalue weighted by atomic mass is 35.5. The Bertz CT molecular complexity index is 1310. The van der Waals surface area contributed by atoms with Crippen molar-refractivity contribution in [2.75, 3.05) is 25.1 Å². The summed E-state index contributed by atoms with van der Waals surface area (Å²) in [5.41, 5.74) is -1.02. The average molecular weight is 536 g/mol. The second kappa shape index (κ2) is 10.3. The molecule has 12 heteroatoms. The van der Waals surface area contributed by atoms with E-state index in [4.69, 9.17) is 21.1 Å². The molecule has 35 heavy (non-hydrogen) atoms. The van der Waals surface area contributed by atoms with Crippen molar-refractivity contribution < 1.29 is 39.8 Å². The zero-order valence-electron chi connectivity index (χ0n) is 18.4. The van der Waals surface area contributed by atoms with Crippen LogP contribution in [0, 0.1) is 11.6 Å². The van der Waals surface area contributed by atoms with E-state index in [0.717, 1.165) is 42.5 Å². The molecule has 0 aromatic heterocycles. The first-order valence-corrected chi connectivity index (χ1v) is 11.7. The Morgan fingerprint density at radius 1 is 0.914 bits per heavy atom. The molecule has 0 radical (unpaired) electrons. The number of nitrogens with zero attached hydrogens (tertiary/aromatic N) is 1. The van der Waals surface area contributed by atoms with E-state index < -0.39 is 56.9 Å². The van der Waals surface area contributed by atoms with Gasteiger partial charge in [0.15, 0.2) is 11.5 Å². The highest BCUT2D eigenvalue weighted by molar-refractivity contribution is 7.92. The predicted molar refractivity (Wildman–Crippen MR) is 121 cm³/mol.